The molecule has 1 atom stereocenters. The van der Waals surface area contributed by atoms with E-state index in [-0.39, 0.29) is 6.04 Å². The molecule has 1 N–H and O–H groups in total. The molecule has 1 unspecified atom stereocenters. The molecule has 0 saturated carbocycles. The van der Waals surface area contributed by atoms with Gasteiger partial charge in [0.05, 0.1) is 19.6 Å². The van der Waals surface area contributed by atoms with Gasteiger partial charge in [-0.1, -0.05) is 18.1 Å². The molecule has 0 aliphatic heterocycles. The highest BCUT2D eigenvalue weighted by Crippen LogP contribution is 2.21. The van der Waals surface area contributed by atoms with Gasteiger partial charge in [0.15, 0.2) is 5.82 Å². The second kappa shape index (κ2) is 7.95. The maximum atomic E-state index is 13.8. The molecular weight excluding hydrogens is 292 g/mol. The highest BCUT2D eigenvalue weighted by atomic mass is 19.1. The molecule has 0 radical (unpaired) electrons. The van der Waals surface area contributed by atoms with Crippen molar-refractivity contribution in [3.05, 3.63) is 47.1 Å². The Morgan fingerprint density at radius 3 is 2.86 bits per heavy atom. The van der Waals surface area contributed by atoms with Gasteiger partial charge in [0.2, 0.25) is 5.89 Å². The number of hydrogen-bond acceptors (Lipinski definition) is 5. The summed E-state index contributed by atoms with van der Waals surface area (Å²) in [7, 11) is 1.60. The molecular formula is C15H19F2N3O2. The highest BCUT2D eigenvalue weighted by molar-refractivity contribution is 5.22. The summed E-state index contributed by atoms with van der Waals surface area (Å²) in [6, 6.07) is 3.34. The first-order valence-electron chi connectivity index (χ1n) is 7.12. The lowest BCUT2D eigenvalue weighted by atomic mass is 10.0. The Kier molecular flexibility index (Phi) is 5.97. The van der Waals surface area contributed by atoms with E-state index in [1.807, 2.05) is 6.92 Å². The van der Waals surface area contributed by atoms with Crippen molar-refractivity contribution in [3.8, 4) is 0 Å². The standard InChI is InChI=1S/C15H19F2N3O2/c1-3-13(11-5-4-10(16)8-12(11)17)18-9-14-19-15(22-20-14)6-7-21-2/h4-5,8,13,18H,3,6-7,9H2,1-2H3. The van der Waals surface area contributed by atoms with Crippen molar-refractivity contribution in [2.45, 2.75) is 32.4 Å². The van der Waals surface area contributed by atoms with Crippen LogP contribution in [0.5, 0.6) is 0 Å². The lowest BCUT2D eigenvalue weighted by Crippen LogP contribution is -2.22. The smallest absolute Gasteiger partial charge is 0.229 e. The molecule has 1 heterocycles. The number of nitrogens with one attached hydrogen (secondary N) is 1. The summed E-state index contributed by atoms with van der Waals surface area (Å²) in [4.78, 5) is 4.21. The Morgan fingerprint density at radius 1 is 1.36 bits per heavy atom. The zero-order chi connectivity index (χ0) is 15.9. The summed E-state index contributed by atoms with van der Waals surface area (Å²) in [5.74, 6) is -0.156. The normalized spacial score (nSPS) is 12.5. The largest absolute Gasteiger partial charge is 0.384 e. The topological polar surface area (TPSA) is 60.2 Å². The van der Waals surface area contributed by atoms with Gasteiger partial charge in [0.1, 0.15) is 11.6 Å². The van der Waals surface area contributed by atoms with E-state index in [0.29, 0.717) is 43.3 Å². The van der Waals surface area contributed by atoms with Crippen LogP contribution in [0.4, 0.5) is 8.78 Å². The molecule has 0 spiro atoms. The number of hydrogen-bond donors (Lipinski definition) is 1. The summed E-state index contributed by atoms with van der Waals surface area (Å²) in [5, 5.41) is 7.00. The van der Waals surface area contributed by atoms with E-state index in [1.54, 1.807) is 7.11 Å². The molecule has 0 fully saturated rings. The van der Waals surface area contributed by atoms with Gasteiger partial charge in [0, 0.05) is 24.8 Å². The lowest BCUT2D eigenvalue weighted by molar-refractivity contribution is 0.192. The average molecular weight is 311 g/mol. The molecule has 0 amide bonds. The van der Waals surface area contributed by atoms with E-state index < -0.39 is 11.6 Å². The Balaban J connectivity index is 1.97. The Morgan fingerprint density at radius 2 is 2.18 bits per heavy atom. The van der Waals surface area contributed by atoms with Crippen LogP contribution in [0.1, 0.15) is 36.7 Å². The van der Waals surface area contributed by atoms with Crippen LogP contribution in [0.15, 0.2) is 22.7 Å². The molecule has 1 aromatic heterocycles. The quantitative estimate of drug-likeness (QED) is 0.812. The van der Waals surface area contributed by atoms with Crippen LogP contribution in [-0.2, 0) is 17.7 Å². The number of ether oxygens (including phenoxy) is 1. The first kappa shape index (κ1) is 16.5. The number of benzene rings is 1. The van der Waals surface area contributed by atoms with Gasteiger partial charge in [-0.2, -0.15) is 4.98 Å². The van der Waals surface area contributed by atoms with E-state index >= 15 is 0 Å². The van der Waals surface area contributed by atoms with Crippen molar-refractivity contribution < 1.29 is 18.0 Å². The van der Waals surface area contributed by atoms with Crippen LogP contribution in [0.2, 0.25) is 0 Å². The fraction of sp³-hybridized carbons (Fsp3) is 0.467. The van der Waals surface area contributed by atoms with E-state index in [4.69, 9.17) is 9.26 Å². The minimum atomic E-state index is -0.586. The van der Waals surface area contributed by atoms with Gasteiger partial charge >= 0.3 is 0 Å². The van der Waals surface area contributed by atoms with Crippen molar-refractivity contribution in [1.82, 2.24) is 15.5 Å². The van der Waals surface area contributed by atoms with Crippen molar-refractivity contribution in [2.24, 2.45) is 0 Å². The second-order valence-electron chi connectivity index (χ2n) is 4.85. The predicted octanol–water partition coefficient (Wildman–Crippen LogP) is 2.78. The predicted molar refractivity (Wildman–Crippen MR) is 76.1 cm³/mol. The van der Waals surface area contributed by atoms with Gasteiger partial charge in [-0.3, -0.25) is 0 Å². The van der Waals surface area contributed by atoms with Crippen molar-refractivity contribution in [2.75, 3.05) is 13.7 Å². The van der Waals surface area contributed by atoms with Crippen LogP contribution in [0, 0.1) is 11.6 Å². The fourth-order valence-corrected chi connectivity index (χ4v) is 2.13. The van der Waals surface area contributed by atoms with Crippen LogP contribution in [0.3, 0.4) is 0 Å². The van der Waals surface area contributed by atoms with Crippen LogP contribution >= 0.6 is 0 Å². The maximum Gasteiger partial charge on any atom is 0.229 e. The third-order valence-corrected chi connectivity index (χ3v) is 3.28. The second-order valence-corrected chi connectivity index (χ2v) is 4.85. The zero-order valence-corrected chi connectivity index (χ0v) is 12.6. The van der Waals surface area contributed by atoms with Crippen LogP contribution < -0.4 is 5.32 Å². The number of rotatable bonds is 8. The summed E-state index contributed by atoms with van der Waals surface area (Å²) < 4.78 is 36.8. The summed E-state index contributed by atoms with van der Waals surface area (Å²) >= 11 is 0. The van der Waals surface area contributed by atoms with Gasteiger partial charge in [-0.15, -0.1) is 0 Å². The monoisotopic (exact) mass is 311 g/mol. The first-order valence-corrected chi connectivity index (χ1v) is 7.12. The van der Waals surface area contributed by atoms with Gasteiger partial charge in [0.25, 0.3) is 0 Å². The van der Waals surface area contributed by atoms with Gasteiger partial charge in [-0.05, 0) is 12.5 Å². The SMILES string of the molecule is CCC(NCc1noc(CCOC)n1)c1ccc(F)cc1F. The molecule has 5 nitrogen and oxygen atoms in total. The third-order valence-electron chi connectivity index (χ3n) is 3.28. The Bertz CT molecular complexity index is 604. The summed E-state index contributed by atoms with van der Waals surface area (Å²) in [6.07, 6.45) is 1.20. The van der Waals surface area contributed by atoms with Gasteiger partial charge in [-0.25, -0.2) is 8.78 Å². The number of nitrogens with zero attached hydrogens (tertiary/aromatic N) is 2. The van der Waals surface area contributed by atoms with Crippen molar-refractivity contribution in [3.63, 3.8) is 0 Å². The van der Waals surface area contributed by atoms with Gasteiger partial charge < -0.3 is 14.6 Å². The minimum Gasteiger partial charge on any atom is -0.384 e. The average Bonchev–Trinajstić information content (AvgIpc) is 2.95. The number of aromatic nitrogens is 2. The number of halogens is 2. The first-order chi connectivity index (χ1) is 10.6. The lowest BCUT2D eigenvalue weighted by Gasteiger charge is -2.17. The van der Waals surface area contributed by atoms with E-state index in [9.17, 15) is 8.78 Å². The van der Waals surface area contributed by atoms with E-state index in [1.165, 1.54) is 12.1 Å². The Hall–Kier alpha value is -1.86. The molecule has 0 aliphatic rings. The summed E-state index contributed by atoms with van der Waals surface area (Å²) in [5.41, 5.74) is 0.423. The third kappa shape index (κ3) is 4.32. The zero-order valence-electron chi connectivity index (χ0n) is 12.6. The molecule has 1 aromatic carbocycles. The molecule has 2 aromatic rings. The van der Waals surface area contributed by atoms with Crippen molar-refractivity contribution >= 4 is 0 Å². The molecule has 0 aliphatic carbocycles. The maximum absolute atomic E-state index is 13.8. The van der Waals surface area contributed by atoms with Crippen molar-refractivity contribution in [1.29, 1.82) is 0 Å². The molecule has 2 rings (SSSR count). The molecule has 120 valence electrons. The summed E-state index contributed by atoms with van der Waals surface area (Å²) in [6.45, 7) is 2.76. The van der Waals surface area contributed by atoms with E-state index in [2.05, 4.69) is 15.5 Å². The Labute approximate surface area is 127 Å². The van der Waals surface area contributed by atoms with Crippen LogP contribution in [0.25, 0.3) is 0 Å². The molecule has 0 saturated heterocycles. The highest BCUT2D eigenvalue weighted by Gasteiger charge is 2.15. The molecule has 0 bridgehead atoms. The minimum absolute atomic E-state index is 0.249. The van der Waals surface area contributed by atoms with Crippen LogP contribution in [-0.4, -0.2) is 23.9 Å². The fourth-order valence-electron chi connectivity index (χ4n) is 2.13. The number of methoxy groups -OCH3 is 1. The van der Waals surface area contributed by atoms with E-state index in [0.717, 1.165) is 6.07 Å². The molecule has 7 heteroatoms. The molecule has 22 heavy (non-hydrogen) atoms.